The Labute approximate surface area is 154 Å². The van der Waals surface area contributed by atoms with Crippen LogP contribution in [-0.4, -0.2) is 37.1 Å². The number of hydrogen-bond donors (Lipinski definition) is 2. The molecule has 1 aliphatic carbocycles. The highest BCUT2D eigenvalue weighted by Gasteiger charge is 2.24. The smallest absolute Gasteiger partial charge is 0.191 e. The van der Waals surface area contributed by atoms with Crippen molar-refractivity contribution in [1.82, 2.24) is 10.6 Å². The monoisotopic (exact) mass is 437 g/mol. The molecule has 0 aromatic heterocycles. The molecule has 2 unspecified atom stereocenters. The number of hydrogen-bond acceptors (Lipinski definition) is 2. The topological polar surface area (TPSA) is 36.4 Å². The minimum absolute atomic E-state index is 0. The SMILES string of the molecule is CN=C(NCCc1ccccc1F)NC1CCC(SC)C1.I. The molecule has 2 N–H and O–H groups in total. The van der Waals surface area contributed by atoms with Gasteiger partial charge < -0.3 is 10.6 Å². The maximum Gasteiger partial charge on any atom is 0.191 e. The Morgan fingerprint density at radius 1 is 1.36 bits per heavy atom. The highest BCUT2D eigenvalue weighted by Crippen LogP contribution is 2.27. The molecule has 3 nitrogen and oxygen atoms in total. The van der Waals surface area contributed by atoms with Crippen LogP contribution in [0.3, 0.4) is 0 Å². The van der Waals surface area contributed by atoms with Gasteiger partial charge in [-0.2, -0.15) is 11.8 Å². The van der Waals surface area contributed by atoms with E-state index >= 15 is 0 Å². The van der Waals surface area contributed by atoms with Gasteiger partial charge in [-0.05, 0) is 43.6 Å². The number of benzene rings is 1. The van der Waals surface area contributed by atoms with Gasteiger partial charge in [0.1, 0.15) is 5.82 Å². The molecular weight excluding hydrogens is 412 g/mol. The molecule has 22 heavy (non-hydrogen) atoms. The molecule has 2 atom stereocenters. The predicted molar refractivity (Wildman–Crippen MR) is 105 cm³/mol. The second-order valence-electron chi connectivity index (χ2n) is 5.35. The lowest BCUT2D eigenvalue weighted by molar-refractivity contribution is 0.600. The van der Waals surface area contributed by atoms with Gasteiger partial charge in [0, 0.05) is 24.9 Å². The maximum absolute atomic E-state index is 13.5. The first kappa shape index (κ1) is 19.5. The Morgan fingerprint density at radius 2 is 2.14 bits per heavy atom. The van der Waals surface area contributed by atoms with Crippen LogP contribution in [0.5, 0.6) is 0 Å². The Hall–Kier alpha value is -0.500. The summed E-state index contributed by atoms with van der Waals surface area (Å²) in [5.41, 5.74) is 0.740. The quantitative estimate of drug-likeness (QED) is 0.421. The predicted octanol–water partition coefficient (Wildman–Crippen LogP) is 3.44. The van der Waals surface area contributed by atoms with Gasteiger partial charge in [-0.25, -0.2) is 4.39 Å². The van der Waals surface area contributed by atoms with Crippen LogP contribution in [0.4, 0.5) is 4.39 Å². The third-order valence-electron chi connectivity index (χ3n) is 3.93. The maximum atomic E-state index is 13.5. The number of rotatable bonds is 5. The van der Waals surface area contributed by atoms with E-state index in [4.69, 9.17) is 0 Å². The van der Waals surface area contributed by atoms with Gasteiger partial charge >= 0.3 is 0 Å². The molecule has 124 valence electrons. The molecule has 1 aliphatic rings. The van der Waals surface area contributed by atoms with Gasteiger partial charge in [0.15, 0.2) is 5.96 Å². The summed E-state index contributed by atoms with van der Waals surface area (Å²) in [6.45, 7) is 0.680. The third kappa shape index (κ3) is 5.95. The standard InChI is InChI=1S/C16H24FN3S.HI/c1-18-16(20-13-7-8-14(11-13)21-2)19-10-9-12-5-3-4-6-15(12)17;/h3-6,13-14H,7-11H2,1-2H3,(H2,18,19,20);1H. The van der Waals surface area contributed by atoms with E-state index in [0.717, 1.165) is 16.8 Å². The summed E-state index contributed by atoms with van der Waals surface area (Å²) < 4.78 is 13.5. The van der Waals surface area contributed by atoms with Crippen LogP contribution < -0.4 is 10.6 Å². The van der Waals surface area contributed by atoms with E-state index in [2.05, 4.69) is 21.9 Å². The molecule has 0 heterocycles. The zero-order valence-corrected chi connectivity index (χ0v) is 16.3. The van der Waals surface area contributed by atoms with Gasteiger partial charge in [0.25, 0.3) is 0 Å². The first-order chi connectivity index (χ1) is 10.2. The van der Waals surface area contributed by atoms with Crippen molar-refractivity contribution in [3.8, 4) is 0 Å². The minimum Gasteiger partial charge on any atom is -0.356 e. The Kier molecular flexibility index (Phi) is 9.16. The highest BCUT2D eigenvalue weighted by molar-refractivity contribution is 14.0. The molecule has 2 rings (SSSR count). The van der Waals surface area contributed by atoms with Crippen LogP contribution in [0.1, 0.15) is 24.8 Å². The highest BCUT2D eigenvalue weighted by atomic mass is 127. The van der Waals surface area contributed by atoms with Crippen molar-refractivity contribution in [2.24, 2.45) is 4.99 Å². The summed E-state index contributed by atoms with van der Waals surface area (Å²) in [5.74, 6) is 0.680. The van der Waals surface area contributed by atoms with E-state index in [1.165, 1.54) is 25.3 Å². The van der Waals surface area contributed by atoms with Crippen LogP contribution >= 0.6 is 35.7 Å². The second kappa shape index (κ2) is 10.3. The van der Waals surface area contributed by atoms with Crippen molar-refractivity contribution in [2.75, 3.05) is 19.8 Å². The first-order valence-electron chi connectivity index (χ1n) is 7.46. The molecule has 1 saturated carbocycles. The van der Waals surface area contributed by atoms with E-state index in [1.807, 2.05) is 23.9 Å². The molecule has 0 amide bonds. The van der Waals surface area contributed by atoms with E-state index in [1.54, 1.807) is 13.1 Å². The number of nitrogens with one attached hydrogen (secondary N) is 2. The Bertz CT molecular complexity index is 484. The van der Waals surface area contributed by atoms with E-state index in [0.29, 0.717) is 19.0 Å². The van der Waals surface area contributed by atoms with Gasteiger partial charge in [-0.1, -0.05) is 18.2 Å². The van der Waals surface area contributed by atoms with E-state index in [-0.39, 0.29) is 29.8 Å². The van der Waals surface area contributed by atoms with Crippen LogP contribution in [0.2, 0.25) is 0 Å². The van der Waals surface area contributed by atoms with Crippen LogP contribution in [0, 0.1) is 5.82 Å². The fourth-order valence-electron chi connectivity index (χ4n) is 2.69. The fraction of sp³-hybridized carbons (Fsp3) is 0.562. The average molecular weight is 437 g/mol. The lowest BCUT2D eigenvalue weighted by atomic mass is 10.1. The van der Waals surface area contributed by atoms with E-state index in [9.17, 15) is 4.39 Å². The minimum atomic E-state index is -0.138. The van der Waals surface area contributed by atoms with Crippen LogP contribution in [0.15, 0.2) is 29.3 Å². The zero-order valence-electron chi connectivity index (χ0n) is 13.1. The van der Waals surface area contributed by atoms with Crippen molar-refractivity contribution in [3.63, 3.8) is 0 Å². The van der Waals surface area contributed by atoms with Gasteiger partial charge in [0.2, 0.25) is 0 Å². The van der Waals surface area contributed by atoms with Gasteiger partial charge in [-0.3, -0.25) is 4.99 Å². The molecule has 1 aromatic carbocycles. The number of nitrogens with zero attached hydrogens (tertiary/aromatic N) is 1. The zero-order chi connectivity index (χ0) is 15.1. The number of guanidine groups is 1. The third-order valence-corrected chi connectivity index (χ3v) is 5.02. The van der Waals surface area contributed by atoms with Crippen molar-refractivity contribution in [1.29, 1.82) is 0 Å². The molecule has 0 saturated heterocycles. The molecule has 0 radical (unpaired) electrons. The van der Waals surface area contributed by atoms with Crippen molar-refractivity contribution >= 4 is 41.7 Å². The molecule has 0 aliphatic heterocycles. The van der Waals surface area contributed by atoms with Crippen molar-refractivity contribution in [2.45, 2.75) is 37.0 Å². The number of thioether (sulfide) groups is 1. The summed E-state index contributed by atoms with van der Waals surface area (Å²) in [6.07, 6.45) is 6.49. The first-order valence-corrected chi connectivity index (χ1v) is 8.75. The van der Waals surface area contributed by atoms with Crippen molar-refractivity contribution < 1.29 is 4.39 Å². The second-order valence-corrected chi connectivity index (χ2v) is 6.49. The molecule has 6 heteroatoms. The summed E-state index contributed by atoms with van der Waals surface area (Å²) in [7, 11) is 1.78. The summed E-state index contributed by atoms with van der Waals surface area (Å²) >= 11 is 1.95. The lowest BCUT2D eigenvalue weighted by Gasteiger charge is -2.17. The lowest BCUT2D eigenvalue weighted by Crippen LogP contribution is -2.43. The average Bonchev–Trinajstić information content (AvgIpc) is 2.96. The molecule has 0 spiro atoms. The number of aliphatic imine (C=N–C) groups is 1. The van der Waals surface area contributed by atoms with Crippen LogP contribution in [-0.2, 0) is 6.42 Å². The normalized spacial score (nSPS) is 21.3. The van der Waals surface area contributed by atoms with E-state index < -0.39 is 0 Å². The van der Waals surface area contributed by atoms with Crippen molar-refractivity contribution in [3.05, 3.63) is 35.6 Å². The molecule has 0 bridgehead atoms. The Balaban J connectivity index is 0.00000242. The summed E-state index contributed by atoms with van der Waals surface area (Å²) in [5, 5.41) is 7.50. The Morgan fingerprint density at radius 3 is 2.77 bits per heavy atom. The van der Waals surface area contributed by atoms with Gasteiger partial charge in [-0.15, -0.1) is 24.0 Å². The van der Waals surface area contributed by atoms with Gasteiger partial charge in [0.05, 0.1) is 0 Å². The largest absolute Gasteiger partial charge is 0.356 e. The molecule has 1 fully saturated rings. The summed E-state index contributed by atoms with van der Waals surface area (Å²) in [6, 6.07) is 7.42. The van der Waals surface area contributed by atoms with Crippen LogP contribution in [0.25, 0.3) is 0 Å². The number of halogens is 2. The molecular formula is C16H25FIN3S. The fourth-order valence-corrected chi connectivity index (χ4v) is 3.49. The summed E-state index contributed by atoms with van der Waals surface area (Å²) in [4.78, 5) is 4.25. The molecule has 1 aromatic rings.